The summed E-state index contributed by atoms with van der Waals surface area (Å²) in [6.45, 7) is 4.21. The van der Waals surface area contributed by atoms with Crippen molar-refractivity contribution in [2.24, 2.45) is 5.92 Å². The fourth-order valence-corrected chi connectivity index (χ4v) is 4.24. The van der Waals surface area contributed by atoms with Gasteiger partial charge in [0.2, 0.25) is 11.8 Å². The van der Waals surface area contributed by atoms with Crippen molar-refractivity contribution in [1.82, 2.24) is 25.1 Å². The van der Waals surface area contributed by atoms with Crippen molar-refractivity contribution in [2.75, 3.05) is 49.2 Å². The molecule has 10 nitrogen and oxygen atoms in total. The Balaban J connectivity index is 1.19. The maximum Gasteiger partial charge on any atom is 0.227 e. The summed E-state index contributed by atoms with van der Waals surface area (Å²) in [4.78, 5) is 37.7. The molecule has 0 aliphatic carbocycles. The summed E-state index contributed by atoms with van der Waals surface area (Å²) in [5, 5.41) is 8.29. The molecule has 1 aromatic carbocycles. The lowest BCUT2D eigenvalue weighted by Crippen LogP contribution is -2.36. The number of fused-ring (bicyclic) bond motifs is 1. The number of morpholine rings is 1. The van der Waals surface area contributed by atoms with Gasteiger partial charge in [-0.05, 0) is 12.1 Å². The van der Waals surface area contributed by atoms with Gasteiger partial charge >= 0.3 is 0 Å². The Morgan fingerprint density at radius 1 is 1.16 bits per heavy atom. The number of anilines is 2. The zero-order valence-electron chi connectivity index (χ0n) is 17.7. The Kier molecular flexibility index (Phi) is 5.68. The van der Waals surface area contributed by atoms with Gasteiger partial charge in [-0.25, -0.2) is 14.6 Å². The second kappa shape index (κ2) is 8.91. The molecule has 2 aromatic heterocycles. The normalized spacial score (nSPS) is 19.0. The van der Waals surface area contributed by atoms with Crippen LogP contribution in [0.4, 0.5) is 11.5 Å². The third-order valence-electron chi connectivity index (χ3n) is 5.91. The van der Waals surface area contributed by atoms with E-state index in [1.165, 1.54) is 0 Å². The summed E-state index contributed by atoms with van der Waals surface area (Å²) >= 11 is 0. The number of carbonyl (C=O) groups excluding carboxylic acids is 2. The predicted octanol–water partition coefficient (Wildman–Crippen LogP) is 0.832. The van der Waals surface area contributed by atoms with Gasteiger partial charge in [-0.3, -0.25) is 9.59 Å². The van der Waals surface area contributed by atoms with Gasteiger partial charge < -0.3 is 19.9 Å². The molecule has 5 rings (SSSR count). The van der Waals surface area contributed by atoms with E-state index >= 15 is 0 Å². The van der Waals surface area contributed by atoms with Crippen LogP contribution in [0.2, 0.25) is 0 Å². The minimum Gasteiger partial charge on any atom is -0.378 e. The molecule has 0 saturated carbocycles. The first-order chi connectivity index (χ1) is 15.7. The third-order valence-corrected chi connectivity index (χ3v) is 5.91. The molecule has 10 heteroatoms. The molecule has 3 aromatic rings. The Labute approximate surface area is 185 Å². The van der Waals surface area contributed by atoms with E-state index in [2.05, 4.69) is 25.3 Å². The van der Waals surface area contributed by atoms with Gasteiger partial charge in [0, 0.05) is 38.3 Å². The van der Waals surface area contributed by atoms with Gasteiger partial charge in [-0.2, -0.15) is 5.10 Å². The van der Waals surface area contributed by atoms with Gasteiger partial charge in [-0.1, -0.05) is 18.2 Å². The van der Waals surface area contributed by atoms with E-state index in [1.54, 1.807) is 22.1 Å². The molecular formula is C22H25N7O3. The number of ether oxygens (including phenoxy) is 1. The van der Waals surface area contributed by atoms with E-state index in [0.29, 0.717) is 32.8 Å². The SMILES string of the molecule is O=C(NCCn1ncc2c(N3CCOCC3)ncnc21)[C@H]1CC(=O)N(c2ccccc2)C1. The van der Waals surface area contributed by atoms with Crippen molar-refractivity contribution < 1.29 is 14.3 Å². The van der Waals surface area contributed by atoms with Gasteiger partial charge in [-0.15, -0.1) is 0 Å². The van der Waals surface area contributed by atoms with E-state index in [1.807, 2.05) is 30.3 Å². The molecule has 0 bridgehead atoms. The molecule has 2 aliphatic heterocycles. The average molecular weight is 435 g/mol. The van der Waals surface area contributed by atoms with E-state index in [9.17, 15) is 9.59 Å². The zero-order valence-corrected chi connectivity index (χ0v) is 17.7. The van der Waals surface area contributed by atoms with Crippen LogP contribution in [0, 0.1) is 5.92 Å². The zero-order chi connectivity index (χ0) is 21.9. The first kappa shape index (κ1) is 20.4. The lowest BCUT2D eigenvalue weighted by Gasteiger charge is -2.27. The van der Waals surface area contributed by atoms with Crippen LogP contribution in [0.3, 0.4) is 0 Å². The molecule has 1 N–H and O–H groups in total. The smallest absolute Gasteiger partial charge is 0.227 e. The molecule has 0 radical (unpaired) electrons. The van der Waals surface area contributed by atoms with Crippen LogP contribution in [0.1, 0.15) is 6.42 Å². The highest BCUT2D eigenvalue weighted by molar-refractivity contribution is 6.00. The highest BCUT2D eigenvalue weighted by Crippen LogP contribution is 2.25. The number of hydrogen-bond donors (Lipinski definition) is 1. The van der Waals surface area contributed by atoms with E-state index in [0.717, 1.165) is 35.6 Å². The summed E-state index contributed by atoms with van der Waals surface area (Å²) in [5.41, 5.74) is 1.56. The van der Waals surface area contributed by atoms with Crippen molar-refractivity contribution in [2.45, 2.75) is 13.0 Å². The van der Waals surface area contributed by atoms with Crippen LogP contribution in [-0.2, 0) is 20.9 Å². The monoisotopic (exact) mass is 435 g/mol. The summed E-state index contributed by atoms with van der Waals surface area (Å²) in [6, 6.07) is 9.45. The molecular weight excluding hydrogens is 410 g/mol. The predicted molar refractivity (Wildman–Crippen MR) is 118 cm³/mol. The third kappa shape index (κ3) is 4.01. The van der Waals surface area contributed by atoms with Crippen molar-refractivity contribution in [3.05, 3.63) is 42.9 Å². The molecule has 2 amide bonds. The fraction of sp³-hybridized carbons (Fsp3) is 0.409. The van der Waals surface area contributed by atoms with Crippen molar-refractivity contribution >= 4 is 34.4 Å². The fourth-order valence-electron chi connectivity index (χ4n) is 4.24. The largest absolute Gasteiger partial charge is 0.378 e. The number of para-hydroxylation sites is 1. The first-order valence-electron chi connectivity index (χ1n) is 10.8. The van der Waals surface area contributed by atoms with Crippen LogP contribution in [0.25, 0.3) is 11.0 Å². The van der Waals surface area contributed by atoms with E-state index < -0.39 is 0 Å². The van der Waals surface area contributed by atoms with Gasteiger partial charge in [0.1, 0.15) is 12.1 Å². The second-order valence-corrected chi connectivity index (χ2v) is 7.93. The summed E-state index contributed by atoms with van der Waals surface area (Å²) in [7, 11) is 0. The number of benzene rings is 1. The molecule has 1 atom stereocenters. The standard InChI is InChI=1S/C22H25N7O3/c30-19-12-16(14-28(19)17-4-2-1-3-5-17)22(31)23-6-7-29-21-18(13-26-29)20(24-15-25-21)27-8-10-32-11-9-27/h1-5,13,15-16H,6-12,14H2,(H,23,31)/t16-/m0/s1. The summed E-state index contributed by atoms with van der Waals surface area (Å²) in [6.07, 6.45) is 3.54. The minimum atomic E-state index is -0.354. The van der Waals surface area contributed by atoms with Crippen LogP contribution in [0.15, 0.2) is 42.9 Å². The molecule has 2 saturated heterocycles. The van der Waals surface area contributed by atoms with Crippen molar-refractivity contribution in [3.63, 3.8) is 0 Å². The average Bonchev–Trinajstić information content (AvgIpc) is 3.44. The first-order valence-corrected chi connectivity index (χ1v) is 10.8. The highest BCUT2D eigenvalue weighted by atomic mass is 16.5. The van der Waals surface area contributed by atoms with E-state index in [4.69, 9.17) is 4.74 Å². The second-order valence-electron chi connectivity index (χ2n) is 7.93. The maximum atomic E-state index is 12.7. The topological polar surface area (TPSA) is 105 Å². The number of hydrogen-bond acceptors (Lipinski definition) is 7. The summed E-state index contributed by atoms with van der Waals surface area (Å²) in [5.74, 6) is 0.366. The van der Waals surface area contributed by atoms with Crippen LogP contribution in [-0.4, -0.2) is 71.0 Å². The summed E-state index contributed by atoms with van der Waals surface area (Å²) < 4.78 is 7.20. The van der Waals surface area contributed by atoms with Crippen LogP contribution >= 0.6 is 0 Å². The Bertz CT molecular complexity index is 1110. The van der Waals surface area contributed by atoms with Gasteiger partial charge in [0.15, 0.2) is 5.65 Å². The quantitative estimate of drug-likeness (QED) is 0.611. The number of nitrogens with zero attached hydrogens (tertiary/aromatic N) is 6. The molecule has 4 heterocycles. The van der Waals surface area contributed by atoms with Gasteiger partial charge in [0.25, 0.3) is 0 Å². The molecule has 2 fully saturated rings. The Morgan fingerprint density at radius 2 is 1.97 bits per heavy atom. The van der Waals surface area contributed by atoms with Crippen LogP contribution < -0.4 is 15.1 Å². The molecule has 0 unspecified atom stereocenters. The Morgan fingerprint density at radius 3 is 2.78 bits per heavy atom. The molecule has 2 aliphatic rings. The van der Waals surface area contributed by atoms with Crippen LogP contribution in [0.5, 0.6) is 0 Å². The highest BCUT2D eigenvalue weighted by Gasteiger charge is 2.34. The maximum absolute atomic E-state index is 12.7. The number of carbonyl (C=O) groups is 2. The molecule has 32 heavy (non-hydrogen) atoms. The number of aromatic nitrogens is 4. The lowest BCUT2D eigenvalue weighted by molar-refractivity contribution is -0.126. The minimum absolute atomic E-state index is 0.0261. The lowest BCUT2D eigenvalue weighted by atomic mass is 10.1. The van der Waals surface area contributed by atoms with Crippen molar-refractivity contribution in [3.8, 4) is 0 Å². The van der Waals surface area contributed by atoms with Gasteiger partial charge in [0.05, 0.1) is 37.3 Å². The van der Waals surface area contributed by atoms with Crippen molar-refractivity contribution in [1.29, 1.82) is 0 Å². The number of amides is 2. The molecule has 0 spiro atoms. The Hall–Kier alpha value is -3.53. The van der Waals surface area contributed by atoms with E-state index in [-0.39, 0.29) is 24.2 Å². The number of nitrogens with one attached hydrogen (secondary N) is 1. The number of rotatable bonds is 6. The molecule has 166 valence electrons.